The molecule has 0 unspecified atom stereocenters. The van der Waals surface area contributed by atoms with E-state index in [1.54, 1.807) is 7.11 Å². The first-order chi connectivity index (χ1) is 12.7. The molecule has 1 aliphatic heterocycles. The molecule has 0 saturated carbocycles. The van der Waals surface area contributed by atoms with Crippen LogP contribution in [0.25, 0.3) is 10.9 Å². The van der Waals surface area contributed by atoms with Crippen LogP contribution in [0.2, 0.25) is 0 Å². The third-order valence-corrected chi connectivity index (χ3v) is 4.84. The van der Waals surface area contributed by atoms with Crippen molar-refractivity contribution in [1.82, 2.24) is 9.88 Å². The first-order valence-electron chi connectivity index (χ1n) is 8.85. The number of aromatic amines is 1. The quantitative estimate of drug-likeness (QED) is 0.765. The molecule has 26 heavy (non-hydrogen) atoms. The van der Waals surface area contributed by atoms with Crippen LogP contribution in [0.5, 0.6) is 5.75 Å². The van der Waals surface area contributed by atoms with Crippen molar-refractivity contribution in [3.8, 4) is 5.75 Å². The molecule has 2 heterocycles. The molecule has 1 aromatic heterocycles. The maximum Gasteiger partial charge on any atom is 0.270 e. The van der Waals surface area contributed by atoms with E-state index in [0.717, 1.165) is 28.6 Å². The summed E-state index contributed by atoms with van der Waals surface area (Å²) in [5, 5.41) is 0.925. The van der Waals surface area contributed by atoms with E-state index in [4.69, 9.17) is 9.47 Å². The molecule has 0 radical (unpaired) electrons. The highest BCUT2D eigenvalue weighted by molar-refractivity contribution is 5.99. The Balaban J connectivity index is 1.41. The highest BCUT2D eigenvalue weighted by Crippen LogP contribution is 2.27. The van der Waals surface area contributed by atoms with Gasteiger partial charge in [0.2, 0.25) is 0 Å². The van der Waals surface area contributed by atoms with Crippen molar-refractivity contribution in [2.45, 2.75) is 19.1 Å². The number of amides is 1. The number of nitrogens with one attached hydrogen (secondary N) is 1. The minimum absolute atomic E-state index is 0.00839. The molecule has 1 atom stereocenters. The molecule has 3 aromatic rings. The van der Waals surface area contributed by atoms with Gasteiger partial charge in [-0.05, 0) is 30.2 Å². The molecule has 4 rings (SSSR count). The zero-order valence-corrected chi connectivity index (χ0v) is 14.8. The monoisotopic (exact) mass is 350 g/mol. The molecule has 1 aliphatic rings. The summed E-state index contributed by atoms with van der Waals surface area (Å²) < 4.78 is 11.3. The Bertz CT molecular complexity index is 904. The lowest BCUT2D eigenvalue weighted by molar-refractivity contribution is 0.0436. The fraction of sp³-hybridized carbons (Fsp3) is 0.286. The predicted octanol–water partition coefficient (Wildman–Crippen LogP) is 3.61. The van der Waals surface area contributed by atoms with E-state index in [-0.39, 0.29) is 12.0 Å². The minimum atomic E-state index is 0.00839. The molecular weight excluding hydrogens is 328 g/mol. The van der Waals surface area contributed by atoms with E-state index in [1.807, 2.05) is 47.4 Å². The Labute approximate surface area is 152 Å². The standard InChI is InChI=1S/C21H22N2O3/c1-25-20-9-5-8-18-17(20)12-19(22-18)21(24)23-11-10-16(13-23)26-14-15-6-3-2-4-7-15/h2-9,12,16,22H,10-11,13-14H2,1H3/t16-/m1/s1. The summed E-state index contributed by atoms with van der Waals surface area (Å²) in [7, 11) is 1.64. The Morgan fingerprint density at radius 3 is 2.85 bits per heavy atom. The van der Waals surface area contributed by atoms with Gasteiger partial charge in [-0.2, -0.15) is 0 Å². The van der Waals surface area contributed by atoms with Crippen LogP contribution < -0.4 is 4.74 Å². The van der Waals surface area contributed by atoms with E-state index in [2.05, 4.69) is 17.1 Å². The summed E-state index contributed by atoms with van der Waals surface area (Å²) in [4.78, 5) is 17.9. The lowest BCUT2D eigenvalue weighted by Gasteiger charge is -2.16. The number of H-pyrrole nitrogens is 1. The van der Waals surface area contributed by atoms with Crippen LogP contribution in [-0.4, -0.2) is 42.1 Å². The maximum atomic E-state index is 12.8. The zero-order chi connectivity index (χ0) is 17.9. The van der Waals surface area contributed by atoms with Crippen molar-refractivity contribution < 1.29 is 14.3 Å². The van der Waals surface area contributed by atoms with Crippen molar-refractivity contribution in [3.05, 3.63) is 65.9 Å². The van der Waals surface area contributed by atoms with E-state index in [0.29, 0.717) is 25.4 Å². The molecule has 1 amide bonds. The van der Waals surface area contributed by atoms with E-state index >= 15 is 0 Å². The number of carbonyl (C=O) groups is 1. The fourth-order valence-electron chi connectivity index (χ4n) is 3.43. The van der Waals surface area contributed by atoms with Gasteiger partial charge < -0.3 is 19.4 Å². The molecule has 2 aromatic carbocycles. The van der Waals surface area contributed by atoms with Crippen molar-refractivity contribution in [3.63, 3.8) is 0 Å². The third kappa shape index (κ3) is 3.30. The number of hydrogen-bond acceptors (Lipinski definition) is 3. The van der Waals surface area contributed by atoms with Crippen LogP contribution in [0.4, 0.5) is 0 Å². The van der Waals surface area contributed by atoms with Crippen LogP contribution in [-0.2, 0) is 11.3 Å². The van der Waals surface area contributed by atoms with E-state index in [1.165, 1.54) is 0 Å². The summed E-state index contributed by atoms with van der Waals surface area (Å²) >= 11 is 0. The van der Waals surface area contributed by atoms with Crippen LogP contribution >= 0.6 is 0 Å². The van der Waals surface area contributed by atoms with E-state index in [9.17, 15) is 4.79 Å². The third-order valence-electron chi connectivity index (χ3n) is 4.84. The average molecular weight is 350 g/mol. The molecule has 1 N–H and O–H groups in total. The molecule has 5 heteroatoms. The van der Waals surface area contributed by atoms with E-state index < -0.39 is 0 Å². The van der Waals surface area contributed by atoms with Crippen molar-refractivity contribution in [2.75, 3.05) is 20.2 Å². The molecule has 5 nitrogen and oxygen atoms in total. The summed E-state index contributed by atoms with van der Waals surface area (Å²) in [6.07, 6.45) is 0.945. The first kappa shape index (κ1) is 16.7. The fourth-order valence-corrected chi connectivity index (χ4v) is 3.43. The number of methoxy groups -OCH3 is 1. The number of benzene rings is 2. The van der Waals surface area contributed by atoms with Gasteiger partial charge in [-0.15, -0.1) is 0 Å². The molecular formula is C21H22N2O3. The highest BCUT2D eigenvalue weighted by atomic mass is 16.5. The van der Waals surface area contributed by atoms with Gasteiger partial charge in [-0.1, -0.05) is 36.4 Å². The average Bonchev–Trinajstić information content (AvgIpc) is 3.33. The number of ether oxygens (including phenoxy) is 2. The molecule has 0 aliphatic carbocycles. The first-order valence-corrected chi connectivity index (χ1v) is 8.85. The zero-order valence-electron chi connectivity index (χ0n) is 14.8. The topological polar surface area (TPSA) is 54.6 Å². The Morgan fingerprint density at radius 1 is 1.19 bits per heavy atom. The molecule has 0 spiro atoms. The van der Waals surface area contributed by atoms with Gasteiger partial charge in [-0.3, -0.25) is 4.79 Å². The number of rotatable bonds is 5. The summed E-state index contributed by atoms with van der Waals surface area (Å²) in [5.41, 5.74) is 2.65. The number of likely N-dealkylation sites (tertiary alicyclic amines) is 1. The van der Waals surface area contributed by atoms with Crippen LogP contribution in [0.1, 0.15) is 22.5 Å². The smallest absolute Gasteiger partial charge is 0.270 e. The second-order valence-corrected chi connectivity index (χ2v) is 6.56. The normalized spacial score (nSPS) is 17.0. The van der Waals surface area contributed by atoms with Gasteiger partial charge in [0.05, 0.1) is 19.8 Å². The lowest BCUT2D eigenvalue weighted by Crippen LogP contribution is -2.30. The number of hydrogen-bond donors (Lipinski definition) is 1. The molecule has 0 bridgehead atoms. The number of carbonyl (C=O) groups excluding carboxylic acids is 1. The second kappa shape index (κ2) is 7.22. The van der Waals surface area contributed by atoms with Crippen LogP contribution in [0.3, 0.4) is 0 Å². The Hall–Kier alpha value is -2.79. The summed E-state index contributed by atoms with van der Waals surface area (Å²) in [5.74, 6) is 0.775. The van der Waals surface area contributed by atoms with Gasteiger partial charge in [-0.25, -0.2) is 0 Å². The van der Waals surface area contributed by atoms with Gasteiger partial charge >= 0.3 is 0 Å². The molecule has 1 fully saturated rings. The summed E-state index contributed by atoms with van der Waals surface area (Å²) in [6, 6.07) is 17.7. The van der Waals surface area contributed by atoms with Crippen molar-refractivity contribution in [2.24, 2.45) is 0 Å². The minimum Gasteiger partial charge on any atom is -0.496 e. The SMILES string of the molecule is COc1cccc2[nH]c(C(=O)N3CC[C@@H](OCc4ccccc4)C3)cc12. The second-order valence-electron chi connectivity index (χ2n) is 6.56. The van der Waals surface area contributed by atoms with Gasteiger partial charge in [0.25, 0.3) is 5.91 Å². The largest absolute Gasteiger partial charge is 0.496 e. The maximum absolute atomic E-state index is 12.8. The number of fused-ring (bicyclic) bond motifs is 1. The number of aromatic nitrogens is 1. The van der Waals surface area contributed by atoms with Crippen molar-refractivity contribution >= 4 is 16.8 Å². The Kier molecular flexibility index (Phi) is 4.63. The highest BCUT2D eigenvalue weighted by Gasteiger charge is 2.28. The Morgan fingerprint density at radius 2 is 2.04 bits per heavy atom. The van der Waals surface area contributed by atoms with Gasteiger partial charge in [0, 0.05) is 24.0 Å². The van der Waals surface area contributed by atoms with Gasteiger partial charge in [0.1, 0.15) is 11.4 Å². The lowest BCUT2D eigenvalue weighted by atomic mass is 10.2. The van der Waals surface area contributed by atoms with Crippen LogP contribution in [0.15, 0.2) is 54.6 Å². The summed E-state index contributed by atoms with van der Waals surface area (Å²) in [6.45, 7) is 1.92. The number of nitrogens with zero attached hydrogens (tertiary/aromatic N) is 1. The molecule has 1 saturated heterocycles. The predicted molar refractivity (Wildman–Crippen MR) is 100 cm³/mol. The van der Waals surface area contributed by atoms with Crippen molar-refractivity contribution in [1.29, 1.82) is 0 Å². The van der Waals surface area contributed by atoms with Gasteiger partial charge in [0.15, 0.2) is 0 Å². The molecule has 134 valence electrons. The van der Waals surface area contributed by atoms with Crippen LogP contribution in [0, 0.1) is 0 Å².